The molecule has 1 aromatic carbocycles. The fourth-order valence-corrected chi connectivity index (χ4v) is 4.45. The standard InChI is InChI=1S/C14H18Cl2N2O2S/c1-14(4-5-14)18-21(19,20)13-6-9(8-17-10-2-3-10)11(15)7-12(13)16/h6-7,10,17-18H,2-5,8H2,1H3. The van der Waals surface area contributed by atoms with Gasteiger partial charge in [0.25, 0.3) is 0 Å². The minimum atomic E-state index is -3.62. The van der Waals surface area contributed by atoms with E-state index in [1.807, 2.05) is 6.92 Å². The lowest BCUT2D eigenvalue weighted by molar-refractivity contribution is 0.558. The lowest BCUT2D eigenvalue weighted by atomic mass is 10.2. The maximum absolute atomic E-state index is 12.5. The molecule has 0 aliphatic heterocycles. The molecule has 2 fully saturated rings. The fourth-order valence-electron chi connectivity index (χ4n) is 2.12. The van der Waals surface area contributed by atoms with E-state index in [4.69, 9.17) is 23.2 Å². The van der Waals surface area contributed by atoms with E-state index in [1.54, 1.807) is 6.07 Å². The molecule has 0 aromatic heterocycles. The van der Waals surface area contributed by atoms with E-state index >= 15 is 0 Å². The summed E-state index contributed by atoms with van der Waals surface area (Å²) in [5, 5.41) is 3.98. The van der Waals surface area contributed by atoms with Crippen molar-refractivity contribution in [1.82, 2.24) is 10.0 Å². The van der Waals surface area contributed by atoms with E-state index < -0.39 is 10.0 Å². The fraction of sp³-hybridized carbons (Fsp3) is 0.571. The highest BCUT2D eigenvalue weighted by molar-refractivity contribution is 7.89. The van der Waals surface area contributed by atoms with Crippen molar-refractivity contribution in [3.63, 3.8) is 0 Å². The molecule has 3 rings (SSSR count). The first-order chi connectivity index (χ1) is 9.79. The molecule has 0 bridgehead atoms. The quantitative estimate of drug-likeness (QED) is 0.830. The van der Waals surface area contributed by atoms with Crippen LogP contribution in [0.4, 0.5) is 0 Å². The molecule has 2 N–H and O–H groups in total. The molecule has 0 saturated heterocycles. The smallest absolute Gasteiger partial charge is 0.242 e. The van der Waals surface area contributed by atoms with Gasteiger partial charge < -0.3 is 5.32 Å². The molecule has 0 atom stereocenters. The predicted octanol–water partition coefficient (Wildman–Crippen LogP) is 3.08. The first-order valence-corrected chi connectivity index (χ1v) is 9.28. The molecule has 2 aliphatic carbocycles. The van der Waals surface area contributed by atoms with Crippen molar-refractivity contribution in [2.24, 2.45) is 0 Å². The van der Waals surface area contributed by atoms with Crippen LogP contribution in [-0.2, 0) is 16.6 Å². The Bertz CT molecular complexity index is 668. The van der Waals surface area contributed by atoms with Crippen LogP contribution in [0.1, 0.15) is 38.2 Å². The summed E-state index contributed by atoms with van der Waals surface area (Å²) in [5.41, 5.74) is 0.433. The monoisotopic (exact) mass is 348 g/mol. The summed E-state index contributed by atoms with van der Waals surface area (Å²) in [4.78, 5) is 0.106. The topological polar surface area (TPSA) is 58.2 Å². The van der Waals surface area contributed by atoms with E-state index in [0.29, 0.717) is 17.6 Å². The van der Waals surface area contributed by atoms with E-state index in [2.05, 4.69) is 10.0 Å². The van der Waals surface area contributed by atoms with Gasteiger partial charge in [0.2, 0.25) is 10.0 Å². The zero-order valence-electron chi connectivity index (χ0n) is 11.7. The highest BCUT2D eigenvalue weighted by Gasteiger charge is 2.41. The summed E-state index contributed by atoms with van der Waals surface area (Å²) in [7, 11) is -3.62. The Hall–Kier alpha value is -0.330. The van der Waals surface area contributed by atoms with Crippen molar-refractivity contribution >= 4 is 33.2 Å². The maximum atomic E-state index is 12.5. The van der Waals surface area contributed by atoms with Crippen LogP contribution in [0.2, 0.25) is 10.0 Å². The van der Waals surface area contributed by atoms with E-state index in [-0.39, 0.29) is 15.5 Å². The second kappa shape index (κ2) is 5.39. The predicted molar refractivity (Wildman–Crippen MR) is 84.3 cm³/mol. The molecule has 0 heterocycles. The van der Waals surface area contributed by atoms with Crippen LogP contribution in [0, 0.1) is 0 Å². The number of sulfonamides is 1. The Labute approximate surface area is 135 Å². The maximum Gasteiger partial charge on any atom is 0.242 e. The number of rotatable bonds is 6. The third-order valence-electron chi connectivity index (χ3n) is 3.93. The summed E-state index contributed by atoms with van der Waals surface area (Å²) in [6, 6.07) is 3.62. The molecular weight excluding hydrogens is 331 g/mol. The van der Waals surface area contributed by atoms with Crippen LogP contribution in [0.5, 0.6) is 0 Å². The van der Waals surface area contributed by atoms with Gasteiger partial charge in [-0.05, 0) is 50.3 Å². The summed E-state index contributed by atoms with van der Waals surface area (Å²) in [6.45, 7) is 2.45. The largest absolute Gasteiger partial charge is 0.310 e. The van der Waals surface area contributed by atoms with Gasteiger partial charge in [0, 0.05) is 23.1 Å². The molecule has 0 amide bonds. The van der Waals surface area contributed by atoms with Gasteiger partial charge in [0.15, 0.2) is 0 Å². The van der Waals surface area contributed by atoms with Crippen LogP contribution < -0.4 is 10.0 Å². The Morgan fingerprint density at radius 1 is 1.24 bits per heavy atom. The van der Waals surface area contributed by atoms with E-state index in [1.165, 1.54) is 6.07 Å². The van der Waals surface area contributed by atoms with Gasteiger partial charge in [0.05, 0.1) is 5.02 Å². The van der Waals surface area contributed by atoms with Gasteiger partial charge in [-0.15, -0.1) is 0 Å². The third-order valence-corrected chi connectivity index (χ3v) is 6.38. The normalized spacial score (nSPS) is 20.5. The summed E-state index contributed by atoms with van der Waals surface area (Å²) in [5.74, 6) is 0. The number of halogens is 2. The number of benzene rings is 1. The van der Waals surface area contributed by atoms with Gasteiger partial charge in [-0.3, -0.25) is 0 Å². The molecule has 0 spiro atoms. The second-order valence-corrected chi connectivity index (χ2v) is 8.66. The average molecular weight is 349 g/mol. The van der Waals surface area contributed by atoms with Gasteiger partial charge in [-0.2, -0.15) is 0 Å². The van der Waals surface area contributed by atoms with Crippen LogP contribution in [0.25, 0.3) is 0 Å². The van der Waals surface area contributed by atoms with Crippen molar-refractivity contribution in [2.45, 2.75) is 55.6 Å². The lowest BCUT2D eigenvalue weighted by Crippen LogP contribution is -2.34. The minimum Gasteiger partial charge on any atom is -0.310 e. The van der Waals surface area contributed by atoms with Crippen molar-refractivity contribution in [3.05, 3.63) is 27.7 Å². The zero-order chi connectivity index (χ0) is 15.3. The van der Waals surface area contributed by atoms with Gasteiger partial charge in [-0.1, -0.05) is 23.2 Å². The molecule has 21 heavy (non-hydrogen) atoms. The first kappa shape index (κ1) is 15.6. The molecule has 1 aromatic rings. The Morgan fingerprint density at radius 3 is 2.48 bits per heavy atom. The van der Waals surface area contributed by atoms with Crippen molar-refractivity contribution in [3.8, 4) is 0 Å². The van der Waals surface area contributed by atoms with Crippen LogP contribution >= 0.6 is 23.2 Å². The second-order valence-electron chi connectivity index (χ2n) is 6.20. The Morgan fingerprint density at radius 2 is 1.90 bits per heavy atom. The Kier molecular flexibility index (Phi) is 3.99. The van der Waals surface area contributed by atoms with E-state index in [0.717, 1.165) is 31.2 Å². The van der Waals surface area contributed by atoms with Crippen molar-refractivity contribution in [2.75, 3.05) is 0 Å². The molecular formula is C14H18Cl2N2O2S. The molecule has 2 aliphatic rings. The van der Waals surface area contributed by atoms with Crippen LogP contribution in [-0.4, -0.2) is 20.0 Å². The van der Waals surface area contributed by atoms with Crippen molar-refractivity contribution in [1.29, 1.82) is 0 Å². The highest BCUT2D eigenvalue weighted by Crippen LogP contribution is 2.37. The van der Waals surface area contributed by atoms with Crippen molar-refractivity contribution < 1.29 is 8.42 Å². The highest BCUT2D eigenvalue weighted by atomic mass is 35.5. The summed E-state index contributed by atoms with van der Waals surface area (Å²) >= 11 is 12.2. The molecule has 116 valence electrons. The van der Waals surface area contributed by atoms with Gasteiger partial charge >= 0.3 is 0 Å². The average Bonchev–Trinajstić information content (AvgIpc) is 3.26. The van der Waals surface area contributed by atoms with Crippen LogP contribution in [0.3, 0.4) is 0 Å². The third kappa shape index (κ3) is 3.71. The molecule has 2 saturated carbocycles. The molecule has 4 nitrogen and oxygen atoms in total. The Balaban J connectivity index is 1.87. The number of hydrogen-bond donors (Lipinski definition) is 2. The van der Waals surface area contributed by atoms with E-state index in [9.17, 15) is 8.42 Å². The number of hydrogen-bond acceptors (Lipinski definition) is 3. The zero-order valence-corrected chi connectivity index (χ0v) is 14.1. The molecule has 0 unspecified atom stereocenters. The summed E-state index contributed by atoms with van der Waals surface area (Å²) < 4.78 is 27.6. The van der Waals surface area contributed by atoms with Gasteiger partial charge in [0.1, 0.15) is 4.90 Å². The van der Waals surface area contributed by atoms with Gasteiger partial charge in [-0.25, -0.2) is 13.1 Å². The number of nitrogens with one attached hydrogen (secondary N) is 2. The SMILES string of the molecule is CC1(NS(=O)(=O)c2cc(CNC3CC3)c(Cl)cc2Cl)CC1. The first-order valence-electron chi connectivity index (χ1n) is 7.04. The summed E-state index contributed by atoms with van der Waals surface area (Å²) in [6.07, 6.45) is 4.04. The lowest BCUT2D eigenvalue weighted by Gasteiger charge is -2.15. The molecule has 0 radical (unpaired) electrons. The minimum absolute atomic E-state index is 0.106. The van der Waals surface area contributed by atoms with Crippen LogP contribution in [0.15, 0.2) is 17.0 Å². The molecule has 7 heteroatoms.